The second-order valence-corrected chi connectivity index (χ2v) is 10.3. The Morgan fingerprint density at radius 3 is 2.42 bits per heavy atom. The largest absolute Gasteiger partial charge is 0.496 e. The molecule has 1 aromatic heterocycles. The maximum atomic E-state index is 14.0. The Balaban J connectivity index is 1.99. The van der Waals surface area contributed by atoms with Crippen LogP contribution in [0.2, 0.25) is 5.02 Å². The molecule has 1 aliphatic rings. The number of rotatable bonds is 11. The molecule has 0 amide bonds. The molecule has 10 heteroatoms. The van der Waals surface area contributed by atoms with Gasteiger partial charge in [-0.1, -0.05) is 42.3 Å². The van der Waals surface area contributed by atoms with Gasteiger partial charge in [0.2, 0.25) is 0 Å². The van der Waals surface area contributed by atoms with E-state index >= 15 is 0 Å². The molecule has 2 aromatic carbocycles. The van der Waals surface area contributed by atoms with Gasteiger partial charge in [0, 0.05) is 10.6 Å². The van der Waals surface area contributed by atoms with E-state index in [9.17, 15) is 9.59 Å². The van der Waals surface area contributed by atoms with Crippen molar-refractivity contribution in [1.82, 2.24) is 4.57 Å². The Hall–Kier alpha value is -3.56. The molecule has 1 atom stereocenters. The Morgan fingerprint density at radius 1 is 1.02 bits per heavy atom. The summed E-state index contributed by atoms with van der Waals surface area (Å²) >= 11 is 7.67. The van der Waals surface area contributed by atoms with Crippen LogP contribution in [-0.4, -0.2) is 37.5 Å². The number of fused-ring (bicyclic) bond motifs is 1. The van der Waals surface area contributed by atoms with E-state index in [2.05, 4.69) is 0 Å². The molecule has 0 spiro atoms. The first-order valence-corrected chi connectivity index (χ1v) is 14.5. The summed E-state index contributed by atoms with van der Waals surface area (Å²) in [6, 6.07) is 9.87. The lowest BCUT2D eigenvalue weighted by Crippen LogP contribution is -2.40. The van der Waals surface area contributed by atoms with Gasteiger partial charge in [-0.2, -0.15) is 0 Å². The van der Waals surface area contributed by atoms with Gasteiger partial charge in [-0.05, 0) is 69.2 Å². The van der Waals surface area contributed by atoms with Crippen LogP contribution in [0.25, 0.3) is 6.08 Å². The van der Waals surface area contributed by atoms with Crippen LogP contribution in [0.15, 0.2) is 57.5 Å². The summed E-state index contributed by atoms with van der Waals surface area (Å²) in [6.45, 7) is 8.74. The normalized spacial score (nSPS) is 14.9. The number of esters is 1. The summed E-state index contributed by atoms with van der Waals surface area (Å²) in [6.07, 6.45) is 3.08. The molecule has 0 bridgehead atoms. The molecular formula is C30H33ClN2O6S. The van der Waals surface area contributed by atoms with E-state index < -0.39 is 12.0 Å². The molecule has 0 radical (unpaired) electrons. The highest BCUT2D eigenvalue weighted by molar-refractivity contribution is 7.07. The average molecular weight is 585 g/mol. The highest BCUT2D eigenvalue weighted by Crippen LogP contribution is 2.38. The van der Waals surface area contributed by atoms with E-state index in [4.69, 9.17) is 35.5 Å². The zero-order valence-corrected chi connectivity index (χ0v) is 24.9. The number of halogens is 1. The smallest absolute Gasteiger partial charge is 0.338 e. The van der Waals surface area contributed by atoms with Crippen molar-refractivity contribution in [3.8, 4) is 17.2 Å². The number of carbonyl (C=O) groups excluding carboxylic acids is 1. The van der Waals surface area contributed by atoms with Crippen LogP contribution in [-0.2, 0) is 9.53 Å². The number of benzene rings is 2. The van der Waals surface area contributed by atoms with Gasteiger partial charge < -0.3 is 18.9 Å². The average Bonchev–Trinajstić information content (AvgIpc) is 3.24. The maximum absolute atomic E-state index is 14.0. The molecule has 0 unspecified atom stereocenters. The Labute approximate surface area is 242 Å². The van der Waals surface area contributed by atoms with Gasteiger partial charge in [0.25, 0.3) is 5.56 Å². The number of thiazole rings is 1. The van der Waals surface area contributed by atoms with Crippen LogP contribution in [0.4, 0.5) is 0 Å². The van der Waals surface area contributed by atoms with E-state index in [1.165, 1.54) is 15.9 Å². The lowest BCUT2D eigenvalue weighted by atomic mass is 9.93. The fourth-order valence-corrected chi connectivity index (χ4v) is 5.84. The van der Waals surface area contributed by atoms with Crippen molar-refractivity contribution < 1.29 is 23.7 Å². The molecule has 0 fully saturated rings. The van der Waals surface area contributed by atoms with Gasteiger partial charge in [-0.25, -0.2) is 9.79 Å². The number of allylic oxidation sites excluding steroid dienone is 1. The van der Waals surface area contributed by atoms with E-state index in [0.29, 0.717) is 68.1 Å². The van der Waals surface area contributed by atoms with Gasteiger partial charge in [-0.3, -0.25) is 9.36 Å². The minimum atomic E-state index is -0.827. The molecule has 2 heterocycles. The highest BCUT2D eigenvalue weighted by Gasteiger charge is 2.36. The first-order valence-electron chi connectivity index (χ1n) is 13.3. The van der Waals surface area contributed by atoms with Crippen LogP contribution in [0, 0.1) is 0 Å². The Bertz CT molecular complexity index is 1610. The summed E-state index contributed by atoms with van der Waals surface area (Å²) in [7, 11) is 1.54. The first kappa shape index (κ1) is 29.4. The number of ether oxygens (including phenoxy) is 4. The van der Waals surface area contributed by atoms with E-state index in [1.54, 1.807) is 38.3 Å². The van der Waals surface area contributed by atoms with Gasteiger partial charge in [0.15, 0.2) is 16.3 Å². The number of hydrogen-bond donors (Lipinski definition) is 0. The van der Waals surface area contributed by atoms with Crippen LogP contribution in [0.1, 0.15) is 57.7 Å². The zero-order valence-electron chi connectivity index (χ0n) is 23.3. The van der Waals surface area contributed by atoms with E-state index in [-0.39, 0.29) is 12.2 Å². The number of methoxy groups -OCH3 is 1. The lowest BCUT2D eigenvalue weighted by molar-refractivity contribution is -0.139. The maximum Gasteiger partial charge on any atom is 0.338 e. The molecule has 8 nitrogen and oxygen atoms in total. The topological polar surface area (TPSA) is 88.4 Å². The standard InChI is InChI=1S/C30H33ClN2O6S/c1-6-10-21-26(29(35)39-9-4)27(20-17-19(31)12-14-22(20)36-5)33-28(34)25(40-30(33)32-21)16-18-11-13-23(37-7-2)24(15-18)38-8-3/h11-17,27H,6-10H2,1-5H3/b25-16+/t27-/m1/s1. The molecule has 0 N–H and O–H groups in total. The Morgan fingerprint density at radius 2 is 1.75 bits per heavy atom. The Kier molecular flexibility index (Phi) is 9.71. The van der Waals surface area contributed by atoms with Crippen LogP contribution < -0.4 is 29.1 Å². The van der Waals surface area contributed by atoms with Crippen molar-refractivity contribution in [2.24, 2.45) is 4.99 Å². The SMILES string of the molecule is CCCC1=C(C(=O)OCC)[C@@H](c2cc(Cl)ccc2OC)n2c(s/c(=C/c3ccc(OCC)c(OCC)c3)c2=O)=N1. The van der Waals surface area contributed by atoms with E-state index in [1.807, 2.05) is 39.0 Å². The molecule has 212 valence electrons. The monoisotopic (exact) mass is 584 g/mol. The minimum Gasteiger partial charge on any atom is -0.496 e. The summed E-state index contributed by atoms with van der Waals surface area (Å²) in [5.74, 6) is 1.21. The van der Waals surface area contributed by atoms with Crippen LogP contribution >= 0.6 is 22.9 Å². The summed E-state index contributed by atoms with van der Waals surface area (Å²) in [5.41, 5.74) is 1.95. The molecule has 4 rings (SSSR count). The molecule has 40 heavy (non-hydrogen) atoms. The molecule has 0 saturated heterocycles. The fourth-order valence-electron chi connectivity index (χ4n) is 4.64. The molecule has 0 saturated carbocycles. The van der Waals surface area contributed by atoms with Gasteiger partial charge in [0.05, 0.1) is 42.7 Å². The number of hydrogen-bond acceptors (Lipinski definition) is 8. The second-order valence-electron chi connectivity index (χ2n) is 8.87. The third-order valence-electron chi connectivity index (χ3n) is 6.24. The third kappa shape index (κ3) is 5.95. The summed E-state index contributed by atoms with van der Waals surface area (Å²) in [4.78, 5) is 32.7. The van der Waals surface area contributed by atoms with Crippen molar-refractivity contribution in [3.05, 3.63) is 83.5 Å². The molecule has 3 aromatic rings. The van der Waals surface area contributed by atoms with Crippen molar-refractivity contribution in [3.63, 3.8) is 0 Å². The van der Waals surface area contributed by atoms with Crippen molar-refractivity contribution in [2.75, 3.05) is 26.9 Å². The van der Waals surface area contributed by atoms with Crippen LogP contribution in [0.5, 0.6) is 17.2 Å². The van der Waals surface area contributed by atoms with Crippen molar-refractivity contribution in [2.45, 2.75) is 46.6 Å². The lowest BCUT2D eigenvalue weighted by Gasteiger charge is -2.27. The van der Waals surface area contributed by atoms with Crippen molar-refractivity contribution >= 4 is 35.0 Å². The summed E-state index contributed by atoms with van der Waals surface area (Å²) in [5, 5.41) is 0.452. The fraction of sp³-hybridized carbons (Fsp3) is 0.367. The first-order chi connectivity index (χ1) is 19.4. The molecule has 0 aliphatic carbocycles. The number of nitrogens with zero attached hydrogens (tertiary/aromatic N) is 2. The quantitative estimate of drug-likeness (QED) is 0.294. The number of carbonyl (C=O) groups is 1. The zero-order chi connectivity index (χ0) is 28.8. The van der Waals surface area contributed by atoms with Gasteiger partial charge in [0.1, 0.15) is 11.8 Å². The predicted octanol–water partition coefficient (Wildman–Crippen LogP) is 5.04. The third-order valence-corrected chi connectivity index (χ3v) is 7.46. The molecule has 1 aliphatic heterocycles. The van der Waals surface area contributed by atoms with Gasteiger partial charge >= 0.3 is 5.97 Å². The van der Waals surface area contributed by atoms with Gasteiger partial charge in [-0.15, -0.1) is 0 Å². The predicted molar refractivity (Wildman–Crippen MR) is 156 cm³/mol. The second kappa shape index (κ2) is 13.2. The minimum absolute atomic E-state index is 0.186. The number of aromatic nitrogens is 1. The van der Waals surface area contributed by atoms with Crippen LogP contribution in [0.3, 0.4) is 0 Å². The molecular weight excluding hydrogens is 552 g/mol. The summed E-state index contributed by atoms with van der Waals surface area (Å²) < 4.78 is 24.6. The van der Waals surface area contributed by atoms with E-state index in [0.717, 1.165) is 12.0 Å². The highest BCUT2D eigenvalue weighted by atomic mass is 35.5. The van der Waals surface area contributed by atoms with Crippen molar-refractivity contribution in [1.29, 1.82) is 0 Å².